The van der Waals surface area contributed by atoms with Crippen molar-refractivity contribution in [3.63, 3.8) is 0 Å². The number of amides is 2. The molecular formula is C20H17BrN2O2. The molecule has 2 N–H and O–H groups in total. The lowest BCUT2D eigenvalue weighted by molar-refractivity contribution is 0.262. The van der Waals surface area contributed by atoms with E-state index in [4.69, 9.17) is 4.74 Å². The largest absolute Gasteiger partial charge is 0.489 e. The number of hydrogen-bond donors (Lipinski definition) is 2. The lowest BCUT2D eigenvalue weighted by Gasteiger charge is -2.09. The zero-order valence-electron chi connectivity index (χ0n) is 13.4. The molecule has 2 amide bonds. The Labute approximate surface area is 155 Å². The highest BCUT2D eigenvalue weighted by Crippen LogP contribution is 2.18. The molecule has 0 heterocycles. The topological polar surface area (TPSA) is 50.4 Å². The molecule has 126 valence electrons. The molecule has 0 spiro atoms. The lowest BCUT2D eigenvalue weighted by atomic mass is 10.2. The van der Waals surface area contributed by atoms with Crippen molar-refractivity contribution >= 4 is 33.3 Å². The Morgan fingerprint density at radius 1 is 0.800 bits per heavy atom. The third-order valence-electron chi connectivity index (χ3n) is 3.46. The van der Waals surface area contributed by atoms with E-state index in [1.165, 1.54) is 0 Å². The van der Waals surface area contributed by atoms with Crippen LogP contribution in [0.15, 0.2) is 83.3 Å². The van der Waals surface area contributed by atoms with Gasteiger partial charge < -0.3 is 15.4 Å². The molecule has 5 heteroatoms. The molecular weight excluding hydrogens is 380 g/mol. The Bertz CT molecular complexity index is 819. The van der Waals surface area contributed by atoms with Crippen LogP contribution < -0.4 is 15.4 Å². The van der Waals surface area contributed by atoms with Crippen molar-refractivity contribution in [2.24, 2.45) is 0 Å². The minimum absolute atomic E-state index is 0.291. The number of ether oxygens (including phenoxy) is 1. The van der Waals surface area contributed by atoms with Gasteiger partial charge in [0.1, 0.15) is 12.4 Å². The summed E-state index contributed by atoms with van der Waals surface area (Å²) < 4.78 is 6.69. The summed E-state index contributed by atoms with van der Waals surface area (Å²) in [7, 11) is 0. The quantitative estimate of drug-likeness (QED) is 0.583. The average molecular weight is 397 g/mol. The highest BCUT2D eigenvalue weighted by Gasteiger charge is 2.03. The number of benzene rings is 3. The average Bonchev–Trinajstić information content (AvgIpc) is 2.64. The highest BCUT2D eigenvalue weighted by molar-refractivity contribution is 9.10. The first-order valence-corrected chi connectivity index (χ1v) is 8.59. The predicted octanol–water partition coefficient (Wildman–Crippen LogP) is 5.67. The number of carbonyl (C=O) groups is 1. The van der Waals surface area contributed by atoms with E-state index in [-0.39, 0.29) is 6.03 Å². The fourth-order valence-electron chi connectivity index (χ4n) is 2.20. The Hall–Kier alpha value is -2.79. The maximum Gasteiger partial charge on any atom is 0.323 e. The number of nitrogens with one attached hydrogen (secondary N) is 2. The molecule has 3 aromatic carbocycles. The molecule has 0 aliphatic carbocycles. The Kier molecular flexibility index (Phi) is 5.69. The van der Waals surface area contributed by atoms with E-state index in [0.29, 0.717) is 12.3 Å². The van der Waals surface area contributed by atoms with Crippen LogP contribution in [0.5, 0.6) is 5.75 Å². The van der Waals surface area contributed by atoms with Gasteiger partial charge in [0.05, 0.1) is 0 Å². The van der Waals surface area contributed by atoms with Crippen molar-refractivity contribution in [1.82, 2.24) is 0 Å². The summed E-state index contributed by atoms with van der Waals surface area (Å²) in [5, 5.41) is 5.57. The molecule has 0 fully saturated rings. The third kappa shape index (κ3) is 5.36. The van der Waals surface area contributed by atoms with E-state index in [9.17, 15) is 4.79 Å². The molecule has 25 heavy (non-hydrogen) atoms. The molecule has 0 bridgehead atoms. The van der Waals surface area contributed by atoms with Gasteiger partial charge in [0.2, 0.25) is 0 Å². The van der Waals surface area contributed by atoms with E-state index in [1.54, 1.807) is 0 Å². The van der Waals surface area contributed by atoms with Gasteiger partial charge in [0, 0.05) is 15.8 Å². The molecule has 0 saturated carbocycles. The minimum Gasteiger partial charge on any atom is -0.489 e. The third-order valence-corrected chi connectivity index (χ3v) is 3.99. The summed E-state index contributed by atoms with van der Waals surface area (Å²) in [6.07, 6.45) is 0. The number of hydrogen-bond acceptors (Lipinski definition) is 2. The SMILES string of the molecule is O=C(Nc1ccc(Br)cc1)Nc1ccc(OCc2ccccc2)cc1. The number of rotatable bonds is 5. The zero-order chi connectivity index (χ0) is 17.5. The van der Waals surface area contributed by atoms with Crippen LogP contribution in [0.25, 0.3) is 0 Å². The van der Waals surface area contributed by atoms with Gasteiger partial charge >= 0.3 is 6.03 Å². The van der Waals surface area contributed by atoms with Gasteiger partial charge in [-0.05, 0) is 54.1 Å². The summed E-state index contributed by atoms with van der Waals surface area (Å²) in [5.74, 6) is 0.753. The number of halogens is 1. The van der Waals surface area contributed by atoms with Crippen LogP contribution in [0, 0.1) is 0 Å². The van der Waals surface area contributed by atoms with Crippen molar-refractivity contribution in [2.45, 2.75) is 6.61 Å². The van der Waals surface area contributed by atoms with Crippen molar-refractivity contribution in [3.8, 4) is 5.75 Å². The van der Waals surface area contributed by atoms with Crippen LogP contribution in [0.2, 0.25) is 0 Å². The summed E-state index contributed by atoms with van der Waals surface area (Å²) in [4.78, 5) is 12.0. The van der Waals surface area contributed by atoms with Crippen LogP contribution in [-0.2, 0) is 6.61 Å². The molecule has 3 rings (SSSR count). The zero-order valence-corrected chi connectivity index (χ0v) is 15.0. The lowest BCUT2D eigenvalue weighted by Crippen LogP contribution is -2.19. The first-order chi connectivity index (χ1) is 12.2. The Morgan fingerprint density at radius 3 is 1.96 bits per heavy atom. The predicted molar refractivity (Wildman–Crippen MR) is 104 cm³/mol. The molecule has 0 unspecified atom stereocenters. The molecule has 3 aromatic rings. The monoisotopic (exact) mass is 396 g/mol. The molecule has 0 aliphatic rings. The minimum atomic E-state index is -0.291. The standard InChI is InChI=1S/C20H17BrN2O2/c21-16-6-8-17(9-7-16)22-20(24)23-18-10-12-19(13-11-18)25-14-15-4-2-1-3-5-15/h1-13H,14H2,(H2,22,23,24). The fourth-order valence-corrected chi connectivity index (χ4v) is 2.47. The molecule has 0 aromatic heterocycles. The van der Waals surface area contributed by atoms with E-state index >= 15 is 0 Å². The molecule has 4 nitrogen and oxygen atoms in total. The second kappa shape index (κ2) is 8.35. The molecule has 0 atom stereocenters. The van der Waals surface area contributed by atoms with E-state index in [1.807, 2.05) is 78.9 Å². The van der Waals surface area contributed by atoms with Gasteiger partial charge in [0.25, 0.3) is 0 Å². The number of urea groups is 1. The van der Waals surface area contributed by atoms with Crippen LogP contribution in [0.3, 0.4) is 0 Å². The second-order valence-electron chi connectivity index (χ2n) is 5.38. The fraction of sp³-hybridized carbons (Fsp3) is 0.0500. The van der Waals surface area contributed by atoms with Crippen molar-refractivity contribution < 1.29 is 9.53 Å². The van der Waals surface area contributed by atoms with Gasteiger partial charge in [-0.15, -0.1) is 0 Å². The second-order valence-corrected chi connectivity index (χ2v) is 6.30. The van der Waals surface area contributed by atoms with Crippen LogP contribution >= 0.6 is 15.9 Å². The van der Waals surface area contributed by atoms with Gasteiger partial charge in [-0.3, -0.25) is 0 Å². The van der Waals surface area contributed by atoms with Crippen molar-refractivity contribution in [2.75, 3.05) is 10.6 Å². The maximum atomic E-state index is 12.0. The first-order valence-electron chi connectivity index (χ1n) is 7.79. The Morgan fingerprint density at radius 2 is 1.36 bits per heavy atom. The van der Waals surface area contributed by atoms with E-state index in [0.717, 1.165) is 21.5 Å². The van der Waals surface area contributed by atoms with Crippen LogP contribution in [-0.4, -0.2) is 6.03 Å². The van der Waals surface area contributed by atoms with Gasteiger partial charge in [-0.25, -0.2) is 4.79 Å². The Balaban J connectivity index is 1.51. The summed E-state index contributed by atoms with van der Waals surface area (Å²) in [5.41, 5.74) is 2.53. The molecule has 0 saturated heterocycles. The maximum absolute atomic E-state index is 12.0. The highest BCUT2D eigenvalue weighted by atomic mass is 79.9. The van der Waals surface area contributed by atoms with Crippen molar-refractivity contribution in [1.29, 1.82) is 0 Å². The van der Waals surface area contributed by atoms with Gasteiger partial charge in [-0.1, -0.05) is 46.3 Å². The first kappa shape index (κ1) is 17.0. The van der Waals surface area contributed by atoms with Gasteiger partial charge in [-0.2, -0.15) is 0 Å². The number of carbonyl (C=O) groups excluding carboxylic acids is 1. The van der Waals surface area contributed by atoms with Crippen LogP contribution in [0.4, 0.5) is 16.2 Å². The smallest absolute Gasteiger partial charge is 0.323 e. The summed E-state index contributed by atoms with van der Waals surface area (Å²) >= 11 is 3.36. The normalized spacial score (nSPS) is 10.1. The van der Waals surface area contributed by atoms with Crippen LogP contribution in [0.1, 0.15) is 5.56 Å². The number of anilines is 2. The van der Waals surface area contributed by atoms with Gasteiger partial charge in [0.15, 0.2) is 0 Å². The van der Waals surface area contributed by atoms with Crippen molar-refractivity contribution in [3.05, 3.63) is 88.9 Å². The summed E-state index contributed by atoms with van der Waals surface area (Å²) in [6.45, 7) is 0.512. The molecule has 0 radical (unpaired) electrons. The summed E-state index contributed by atoms with van der Waals surface area (Å²) in [6, 6.07) is 24.3. The van der Waals surface area contributed by atoms with E-state index < -0.39 is 0 Å². The molecule has 0 aliphatic heterocycles. The van der Waals surface area contributed by atoms with E-state index in [2.05, 4.69) is 26.6 Å².